The third-order valence-electron chi connectivity index (χ3n) is 2.20. The maximum absolute atomic E-state index is 11.9. The molecule has 1 rings (SSSR count). The van der Waals surface area contributed by atoms with E-state index < -0.39 is 15.6 Å². The Hall–Kier alpha value is -0.920. The number of hydrogen-bond acceptors (Lipinski definition) is 4. The molecule has 92 valence electrons. The molecule has 0 aliphatic carbocycles. The van der Waals surface area contributed by atoms with Crippen LogP contribution in [0.2, 0.25) is 0 Å². The van der Waals surface area contributed by atoms with E-state index in [0.717, 1.165) is 0 Å². The van der Waals surface area contributed by atoms with Crippen molar-refractivity contribution >= 4 is 10.0 Å². The molecule has 1 aromatic heterocycles. The van der Waals surface area contributed by atoms with Crippen molar-refractivity contribution in [2.24, 2.45) is 12.8 Å². The molecule has 0 atom stereocenters. The molecule has 0 unspecified atom stereocenters. The Labute approximate surface area is 95.9 Å². The molecular formula is C9H18N4O2S. The molecule has 0 radical (unpaired) electrons. The third-order valence-corrected chi connectivity index (χ3v) is 3.70. The van der Waals surface area contributed by atoms with Crippen molar-refractivity contribution < 1.29 is 8.42 Å². The third kappa shape index (κ3) is 3.03. The maximum atomic E-state index is 11.9. The molecule has 7 heteroatoms. The van der Waals surface area contributed by atoms with Gasteiger partial charge in [-0.1, -0.05) is 0 Å². The van der Waals surface area contributed by atoms with Crippen LogP contribution >= 0.6 is 0 Å². The number of hydrogen-bond donors (Lipinski definition) is 2. The molecule has 0 spiro atoms. The predicted molar refractivity (Wildman–Crippen MR) is 61.4 cm³/mol. The van der Waals surface area contributed by atoms with E-state index in [-0.39, 0.29) is 11.4 Å². The van der Waals surface area contributed by atoms with Crippen molar-refractivity contribution in [3.63, 3.8) is 0 Å². The van der Waals surface area contributed by atoms with Crippen LogP contribution < -0.4 is 10.5 Å². The fourth-order valence-electron chi connectivity index (χ4n) is 1.10. The normalized spacial score (nSPS) is 13.1. The first-order valence-electron chi connectivity index (χ1n) is 4.91. The minimum absolute atomic E-state index is 0.184. The zero-order valence-corrected chi connectivity index (χ0v) is 10.8. The van der Waals surface area contributed by atoms with E-state index in [1.54, 1.807) is 27.8 Å². The van der Waals surface area contributed by atoms with Crippen molar-refractivity contribution in [1.29, 1.82) is 0 Å². The Morgan fingerprint density at radius 1 is 1.56 bits per heavy atom. The lowest BCUT2D eigenvalue weighted by Crippen LogP contribution is -2.45. The lowest BCUT2D eigenvalue weighted by Gasteiger charge is -2.18. The summed E-state index contributed by atoms with van der Waals surface area (Å²) in [6.45, 7) is 5.40. The van der Waals surface area contributed by atoms with Crippen LogP contribution in [0, 0.1) is 6.92 Å². The van der Waals surface area contributed by atoms with Gasteiger partial charge in [-0.05, 0) is 20.8 Å². The van der Waals surface area contributed by atoms with Crippen LogP contribution in [-0.4, -0.2) is 30.3 Å². The Morgan fingerprint density at radius 2 is 2.12 bits per heavy atom. The van der Waals surface area contributed by atoms with Gasteiger partial charge < -0.3 is 5.73 Å². The predicted octanol–water partition coefficient (Wildman–Crippen LogP) is -0.256. The lowest BCUT2D eigenvalue weighted by atomic mass is 10.1. The van der Waals surface area contributed by atoms with Gasteiger partial charge in [0.1, 0.15) is 4.90 Å². The molecule has 0 amide bonds. The summed E-state index contributed by atoms with van der Waals surface area (Å²) in [4.78, 5) is 0.194. The number of aromatic nitrogens is 2. The van der Waals surface area contributed by atoms with E-state index in [2.05, 4.69) is 9.82 Å². The van der Waals surface area contributed by atoms with E-state index in [9.17, 15) is 8.42 Å². The topological polar surface area (TPSA) is 90.0 Å². The Morgan fingerprint density at radius 3 is 2.50 bits per heavy atom. The second-order valence-corrected chi connectivity index (χ2v) is 6.27. The SMILES string of the molecule is Cc1c(S(=O)(=O)NCC(C)(C)N)cnn1C. The van der Waals surface area contributed by atoms with Crippen molar-refractivity contribution in [3.05, 3.63) is 11.9 Å². The molecule has 0 saturated carbocycles. The smallest absolute Gasteiger partial charge is 0.244 e. The quantitative estimate of drug-likeness (QED) is 0.766. The standard InChI is InChI=1S/C9H18N4O2S/c1-7-8(5-11-13(7)4)16(14,15)12-6-9(2,3)10/h5,12H,6,10H2,1-4H3. The van der Waals surface area contributed by atoms with Gasteiger partial charge in [0.2, 0.25) is 10.0 Å². The number of nitrogens with two attached hydrogens (primary N) is 1. The maximum Gasteiger partial charge on any atom is 0.244 e. The monoisotopic (exact) mass is 246 g/mol. The van der Waals surface area contributed by atoms with Gasteiger partial charge in [0, 0.05) is 19.1 Å². The largest absolute Gasteiger partial charge is 0.324 e. The summed E-state index contributed by atoms with van der Waals surface area (Å²) in [6, 6.07) is 0. The first kappa shape index (κ1) is 13.1. The van der Waals surface area contributed by atoms with Crippen molar-refractivity contribution in [3.8, 4) is 0 Å². The highest BCUT2D eigenvalue weighted by Crippen LogP contribution is 2.13. The highest BCUT2D eigenvalue weighted by atomic mass is 32.2. The number of aryl methyl sites for hydroxylation is 1. The van der Waals surface area contributed by atoms with Gasteiger partial charge in [0.25, 0.3) is 0 Å². The molecule has 3 N–H and O–H groups in total. The van der Waals surface area contributed by atoms with Gasteiger partial charge in [0.15, 0.2) is 0 Å². The Bertz CT molecular complexity index is 470. The molecule has 0 saturated heterocycles. The highest BCUT2D eigenvalue weighted by Gasteiger charge is 2.22. The average Bonchev–Trinajstić information content (AvgIpc) is 2.44. The second kappa shape index (κ2) is 4.15. The molecule has 0 aromatic carbocycles. The molecule has 0 fully saturated rings. The average molecular weight is 246 g/mol. The first-order chi connectivity index (χ1) is 7.13. The van der Waals surface area contributed by atoms with Crippen LogP contribution in [0.5, 0.6) is 0 Å². The lowest BCUT2D eigenvalue weighted by molar-refractivity contribution is 0.497. The number of nitrogens with one attached hydrogen (secondary N) is 1. The number of nitrogens with zero attached hydrogens (tertiary/aromatic N) is 2. The molecule has 0 aliphatic rings. The van der Waals surface area contributed by atoms with Crippen LogP contribution in [0.1, 0.15) is 19.5 Å². The van der Waals surface area contributed by atoms with Gasteiger partial charge >= 0.3 is 0 Å². The molecule has 1 aromatic rings. The van der Waals surface area contributed by atoms with Crippen molar-refractivity contribution in [2.75, 3.05) is 6.54 Å². The molecule has 0 bridgehead atoms. The Kier molecular flexibility index (Phi) is 3.41. The van der Waals surface area contributed by atoms with E-state index in [1.807, 2.05) is 0 Å². The summed E-state index contributed by atoms with van der Waals surface area (Å²) in [6.07, 6.45) is 1.33. The molecular weight excluding hydrogens is 228 g/mol. The van der Waals surface area contributed by atoms with E-state index in [1.165, 1.54) is 10.9 Å². The van der Waals surface area contributed by atoms with E-state index in [4.69, 9.17) is 5.73 Å². The fourth-order valence-corrected chi connectivity index (χ4v) is 2.53. The molecule has 1 heterocycles. The van der Waals surface area contributed by atoms with Gasteiger partial charge in [-0.15, -0.1) is 0 Å². The van der Waals surface area contributed by atoms with E-state index >= 15 is 0 Å². The summed E-state index contributed by atoms with van der Waals surface area (Å²) in [7, 11) is -1.82. The zero-order chi connectivity index (χ0) is 12.6. The summed E-state index contributed by atoms with van der Waals surface area (Å²) in [5, 5.41) is 3.89. The molecule has 16 heavy (non-hydrogen) atoms. The Balaban J connectivity index is 2.92. The zero-order valence-electron chi connectivity index (χ0n) is 9.98. The summed E-state index contributed by atoms with van der Waals surface area (Å²) in [5.74, 6) is 0. The van der Waals surface area contributed by atoms with Crippen LogP contribution in [0.15, 0.2) is 11.1 Å². The van der Waals surface area contributed by atoms with Gasteiger partial charge in [-0.25, -0.2) is 13.1 Å². The minimum Gasteiger partial charge on any atom is -0.324 e. The van der Waals surface area contributed by atoms with Crippen molar-refractivity contribution in [2.45, 2.75) is 31.2 Å². The summed E-state index contributed by atoms with van der Waals surface area (Å²) >= 11 is 0. The molecule has 6 nitrogen and oxygen atoms in total. The van der Waals surface area contributed by atoms with Crippen LogP contribution in [0.25, 0.3) is 0 Å². The second-order valence-electron chi connectivity index (χ2n) is 4.53. The molecule has 0 aliphatic heterocycles. The minimum atomic E-state index is -3.52. The van der Waals surface area contributed by atoms with E-state index in [0.29, 0.717) is 5.69 Å². The van der Waals surface area contributed by atoms with Gasteiger partial charge in [-0.2, -0.15) is 5.10 Å². The van der Waals surface area contributed by atoms with Gasteiger partial charge in [0.05, 0.1) is 11.9 Å². The first-order valence-corrected chi connectivity index (χ1v) is 6.39. The van der Waals surface area contributed by atoms with Crippen LogP contribution in [0.3, 0.4) is 0 Å². The number of sulfonamides is 1. The van der Waals surface area contributed by atoms with Crippen LogP contribution in [-0.2, 0) is 17.1 Å². The highest BCUT2D eigenvalue weighted by molar-refractivity contribution is 7.89. The summed E-state index contributed by atoms with van der Waals surface area (Å²) < 4.78 is 27.8. The number of rotatable bonds is 4. The van der Waals surface area contributed by atoms with Crippen molar-refractivity contribution in [1.82, 2.24) is 14.5 Å². The fraction of sp³-hybridized carbons (Fsp3) is 0.667. The van der Waals surface area contributed by atoms with Crippen LogP contribution in [0.4, 0.5) is 0 Å². The van der Waals surface area contributed by atoms with Gasteiger partial charge in [-0.3, -0.25) is 4.68 Å². The summed E-state index contributed by atoms with van der Waals surface area (Å²) in [5.41, 5.74) is 5.74.